The standard InChI is InChI=1S/C14H20FIO/c1-11(2)8-9-17-14(3,10-16)12-6-4-5-7-13(12)15/h4-7,11H,8-10H2,1-3H3. The molecule has 0 spiro atoms. The Labute approximate surface area is 117 Å². The molecule has 0 fully saturated rings. The lowest BCUT2D eigenvalue weighted by Gasteiger charge is -2.29. The third-order valence-electron chi connectivity index (χ3n) is 2.81. The van der Waals surface area contributed by atoms with Gasteiger partial charge in [-0.1, -0.05) is 54.6 Å². The molecule has 0 radical (unpaired) electrons. The smallest absolute Gasteiger partial charge is 0.129 e. The molecule has 1 unspecified atom stereocenters. The second kappa shape index (κ2) is 6.69. The SMILES string of the molecule is CC(C)CCOC(C)(CI)c1ccccc1F. The van der Waals surface area contributed by atoms with Gasteiger partial charge in [0.25, 0.3) is 0 Å². The van der Waals surface area contributed by atoms with Crippen LogP contribution in [0.15, 0.2) is 24.3 Å². The van der Waals surface area contributed by atoms with Gasteiger partial charge in [0.15, 0.2) is 0 Å². The van der Waals surface area contributed by atoms with E-state index in [9.17, 15) is 4.39 Å². The summed E-state index contributed by atoms with van der Waals surface area (Å²) in [5.41, 5.74) is 0.124. The average molecular weight is 350 g/mol. The summed E-state index contributed by atoms with van der Waals surface area (Å²) in [4.78, 5) is 0. The lowest BCUT2D eigenvalue weighted by Crippen LogP contribution is -2.29. The number of alkyl halides is 1. The molecule has 96 valence electrons. The van der Waals surface area contributed by atoms with Gasteiger partial charge in [0, 0.05) is 16.6 Å². The minimum Gasteiger partial charge on any atom is -0.370 e. The van der Waals surface area contributed by atoms with Crippen LogP contribution in [0.1, 0.15) is 32.8 Å². The first kappa shape index (κ1) is 14.9. The van der Waals surface area contributed by atoms with E-state index in [2.05, 4.69) is 36.4 Å². The van der Waals surface area contributed by atoms with Crippen LogP contribution in [-0.4, -0.2) is 11.0 Å². The van der Waals surface area contributed by atoms with E-state index in [1.165, 1.54) is 6.07 Å². The van der Waals surface area contributed by atoms with Crippen molar-refractivity contribution < 1.29 is 9.13 Å². The van der Waals surface area contributed by atoms with Crippen molar-refractivity contribution in [2.75, 3.05) is 11.0 Å². The van der Waals surface area contributed by atoms with E-state index >= 15 is 0 Å². The monoisotopic (exact) mass is 350 g/mol. The third kappa shape index (κ3) is 4.21. The molecule has 0 saturated carbocycles. The van der Waals surface area contributed by atoms with Gasteiger partial charge in [0.05, 0.1) is 0 Å². The van der Waals surface area contributed by atoms with Gasteiger partial charge in [0.2, 0.25) is 0 Å². The van der Waals surface area contributed by atoms with Gasteiger partial charge in [-0.2, -0.15) is 0 Å². The van der Waals surface area contributed by atoms with Crippen molar-refractivity contribution in [3.8, 4) is 0 Å². The molecule has 0 heterocycles. The highest BCUT2D eigenvalue weighted by Gasteiger charge is 2.29. The van der Waals surface area contributed by atoms with Crippen LogP contribution in [0.25, 0.3) is 0 Å². The first-order chi connectivity index (χ1) is 7.99. The Kier molecular flexibility index (Phi) is 5.86. The van der Waals surface area contributed by atoms with Crippen molar-refractivity contribution >= 4 is 22.6 Å². The Morgan fingerprint density at radius 2 is 2.00 bits per heavy atom. The van der Waals surface area contributed by atoms with Crippen LogP contribution >= 0.6 is 22.6 Å². The van der Waals surface area contributed by atoms with Gasteiger partial charge >= 0.3 is 0 Å². The first-order valence-corrected chi connectivity index (χ1v) is 7.47. The Morgan fingerprint density at radius 3 is 2.53 bits per heavy atom. The third-order valence-corrected chi connectivity index (χ3v) is 4.27. The van der Waals surface area contributed by atoms with Crippen LogP contribution in [0.5, 0.6) is 0 Å². The molecule has 0 saturated heterocycles. The molecule has 1 aromatic rings. The van der Waals surface area contributed by atoms with Gasteiger partial charge in [-0.25, -0.2) is 4.39 Å². The minimum absolute atomic E-state index is 0.184. The van der Waals surface area contributed by atoms with Gasteiger partial charge in [-0.05, 0) is 25.3 Å². The number of hydrogen-bond donors (Lipinski definition) is 0. The van der Waals surface area contributed by atoms with Crippen molar-refractivity contribution in [2.24, 2.45) is 5.92 Å². The van der Waals surface area contributed by atoms with E-state index < -0.39 is 5.60 Å². The lowest BCUT2D eigenvalue weighted by molar-refractivity contribution is -0.0224. The molecule has 1 atom stereocenters. The zero-order chi connectivity index (χ0) is 12.9. The van der Waals surface area contributed by atoms with E-state index in [0.717, 1.165) is 10.8 Å². The van der Waals surface area contributed by atoms with Crippen LogP contribution < -0.4 is 0 Å². The van der Waals surface area contributed by atoms with Crippen LogP contribution in [0.2, 0.25) is 0 Å². The van der Waals surface area contributed by atoms with Gasteiger partial charge in [0.1, 0.15) is 11.4 Å². The molecule has 0 aromatic heterocycles. The predicted octanol–water partition coefficient (Wildman–Crippen LogP) is 4.54. The average Bonchev–Trinajstić information content (AvgIpc) is 2.29. The van der Waals surface area contributed by atoms with Crippen LogP contribution in [0.3, 0.4) is 0 Å². The lowest BCUT2D eigenvalue weighted by atomic mass is 9.97. The van der Waals surface area contributed by atoms with E-state index in [0.29, 0.717) is 18.1 Å². The molecule has 1 aromatic carbocycles. The zero-order valence-electron chi connectivity index (χ0n) is 10.7. The molecule has 0 N–H and O–H groups in total. The van der Waals surface area contributed by atoms with Crippen molar-refractivity contribution in [2.45, 2.75) is 32.8 Å². The summed E-state index contributed by atoms with van der Waals surface area (Å²) in [7, 11) is 0. The van der Waals surface area contributed by atoms with E-state index in [1.807, 2.05) is 19.1 Å². The van der Waals surface area contributed by atoms with E-state index in [1.54, 1.807) is 6.07 Å². The maximum absolute atomic E-state index is 13.8. The van der Waals surface area contributed by atoms with E-state index in [4.69, 9.17) is 4.74 Å². The second-order valence-electron chi connectivity index (χ2n) is 4.88. The van der Waals surface area contributed by atoms with Crippen LogP contribution in [0.4, 0.5) is 4.39 Å². The van der Waals surface area contributed by atoms with Crippen LogP contribution in [-0.2, 0) is 10.3 Å². The van der Waals surface area contributed by atoms with Crippen molar-refractivity contribution in [3.63, 3.8) is 0 Å². The number of ether oxygens (including phenoxy) is 1. The summed E-state index contributed by atoms with van der Waals surface area (Å²) in [6, 6.07) is 6.87. The Bertz CT molecular complexity index is 354. The summed E-state index contributed by atoms with van der Waals surface area (Å²) in [6.07, 6.45) is 1.00. The molecule has 0 aliphatic rings. The fourth-order valence-electron chi connectivity index (χ4n) is 1.60. The van der Waals surface area contributed by atoms with Gasteiger partial charge in [-0.15, -0.1) is 0 Å². The van der Waals surface area contributed by atoms with E-state index in [-0.39, 0.29) is 5.82 Å². The summed E-state index contributed by atoms with van der Waals surface area (Å²) in [6.45, 7) is 6.95. The molecule has 0 aliphatic carbocycles. The Balaban J connectivity index is 2.78. The van der Waals surface area contributed by atoms with Crippen molar-refractivity contribution in [3.05, 3.63) is 35.6 Å². The van der Waals surface area contributed by atoms with Crippen molar-refractivity contribution in [1.29, 1.82) is 0 Å². The number of hydrogen-bond acceptors (Lipinski definition) is 1. The molecular weight excluding hydrogens is 330 g/mol. The number of rotatable bonds is 6. The quantitative estimate of drug-likeness (QED) is 0.541. The maximum Gasteiger partial charge on any atom is 0.129 e. The highest BCUT2D eigenvalue weighted by atomic mass is 127. The summed E-state index contributed by atoms with van der Waals surface area (Å²) < 4.78 is 20.4. The normalized spacial score (nSPS) is 14.9. The maximum atomic E-state index is 13.8. The Hall–Kier alpha value is -0.160. The molecule has 1 nitrogen and oxygen atoms in total. The highest BCUT2D eigenvalue weighted by Crippen LogP contribution is 2.30. The first-order valence-electron chi connectivity index (χ1n) is 5.94. The molecule has 17 heavy (non-hydrogen) atoms. The zero-order valence-corrected chi connectivity index (χ0v) is 12.8. The molecule has 1 rings (SSSR count). The van der Waals surface area contributed by atoms with Gasteiger partial charge < -0.3 is 4.74 Å². The molecule has 0 aliphatic heterocycles. The fraction of sp³-hybridized carbons (Fsp3) is 0.571. The molecular formula is C14H20FIO. The summed E-state index contributed by atoms with van der Waals surface area (Å²) in [5.74, 6) is 0.422. The second-order valence-corrected chi connectivity index (χ2v) is 5.64. The van der Waals surface area contributed by atoms with Gasteiger partial charge in [-0.3, -0.25) is 0 Å². The Morgan fingerprint density at radius 1 is 1.35 bits per heavy atom. The molecule has 0 bridgehead atoms. The predicted molar refractivity (Wildman–Crippen MR) is 78.0 cm³/mol. The molecule has 3 heteroatoms. The number of halogens is 2. The summed E-state index contributed by atoms with van der Waals surface area (Å²) >= 11 is 2.25. The number of benzene rings is 1. The topological polar surface area (TPSA) is 9.23 Å². The van der Waals surface area contributed by atoms with Crippen molar-refractivity contribution in [1.82, 2.24) is 0 Å². The van der Waals surface area contributed by atoms with Crippen LogP contribution in [0, 0.1) is 11.7 Å². The molecule has 0 amide bonds. The summed E-state index contributed by atoms with van der Waals surface area (Å²) in [5, 5.41) is 0. The minimum atomic E-state index is -0.527. The highest BCUT2D eigenvalue weighted by molar-refractivity contribution is 14.1. The fourth-order valence-corrected chi connectivity index (χ4v) is 2.23. The largest absolute Gasteiger partial charge is 0.370 e.